The number of primary sulfonamides is 1. The molecule has 0 spiro atoms. The minimum atomic E-state index is -3.68. The first-order valence-corrected chi connectivity index (χ1v) is 10.9. The van der Waals surface area contributed by atoms with E-state index in [1.165, 1.54) is 12.1 Å². The second kappa shape index (κ2) is 9.42. The molecule has 1 aliphatic rings. The maximum absolute atomic E-state index is 12.3. The Morgan fingerprint density at radius 3 is 2.76 bits per heavy atom. The summed E-state index contributed by atoms with van der Waals surface area (Å²) >= 11 is 1.54. The number of thioether (sulfide) groups is 1. The van der Waals surface area contributed by atoms with Gasteiger partial charge in [0.05, 0.1) is 17.3 Å². The number of carbonyl (C=O) groups is 1. The fourth-order valence-corrected chi connectivity index (χ4v) is 4.00. The molecule has 1 unspecified atom stereocenters. The Balaban J connectivity index is 1.67. The van der Waals surface area contributed by atoms with Gasteiger partial charge in [-0.2, -0.15) is 0 Å². The van der Waals surface area contributed by atoms with E-state index < -0.39 is 10.0 Å². The van der Waals surface area contributed by atoms with Crippen LogP contribution in [0.1, 0.15) is 12.8 Å². The zero-order valence-electron chi connectivity index (χ0n) is 14.3. The molecule has 1 saturated heterocycles. The SMILES string of the molecule is CNCC1CCCN1C(=O)CSCCOc1ccc(S(N)(=O)=O)cc1. The van der Waals surface area contributed by atoms with Crippen LogP contribution in [0.4, 0.5) is 0 Å². The summed E-state index contributed by atoms with van der Waals surface area (Å²) in [6.45, 7) is 2.14. The van der Waals surface area contributed by atoms with E-state index in [2.05, 4.69) is 5.32 Å². The van der Waals surface area contributed by atoms with Crippen molar-refractivity contribution < 1.29 is 17.9 Å². The number of benzene rings is 1. The van der Waals surface area contributed by atoms with Gasteiger partial charge in [0.25, 0.3) is 0 Å². The first kappa shape index (κ1) is 20.0. The molecule has 1 aromatic carbocycles. The summed E-state index contributed by atoms with van der Waals surface area (Å²) in [6.07, 6.45) is 2.13. The van der Waals surface area contributed by atoms with E-state index in [9.17, 15) is 13.2 Å². The number of ether oxygens (including phenoxy) is 1. The van der Waals surface area contributed by atoms with Crippen molar-refractivity contribution in [3.05, 3.63) is 24.3 Å². The van der Waals surface area contributed by atoms with Gasteiger partial charge in [0.2, 0.25) is 15.9 Å². The number of rotatable bonds is 9. The van der Waals surface area contributed by atoms with Gasteiger partial charge in [0, 0.05) is 24.9 Å². The third-order valence-corrected chi connectivity index (χ3v) is 5.85. The average Bonchev–Trinajstić information content (AvgIpc) is 3.03. The zero-order valence-corrected chi connectivity index (χ0v) is 15.9. The predicted molar refractivity (Wildman–Crippen MR) is 99.3 cm³/mol. The van der Waals surface area contributed by atoms with Crippen LogP contribution in [-0.4, -0.2) is 63.5 Å². The highest BCUT2D eigenvalue weighted by atomic mass is 32.2. The van der Waals surface area contributed by atoms with Gasteiger partial charge in [-0.3, -0.25) is 4.79 Å². The molecule has 25 heavy (non-hydrogen) atoms. The maximum atomic E-state index is 12.3. The fourth-order valence-electron chi connectivity index (χ4n) is 2.80. The molecule has 0 bridgehead atoms. The van der Waals surface area contributed by atoms with Crippen molar-refractivity contribution in [2.75, 3.05) is 38.2 Å². The molecule has 1 heterocycles. The summed E-state index contributed by atoms with van der Waals surface area (Å²) < 4.78 is 27.9. The highest BCUT2D eigenvalue weighted by Gasteiger charge is 2.27. The van der Waals surface area contributed by atoms with Crippen LogP contribution in [0.2, 0.25) is 0 Å². The van der Waals surface area contributed by atoms with E-state index in [-0.39, 0.29) is 10.8 Å². The Bertz CT molecular complexity index is 664. The van der Waals surface area contributed by atoms with Crippen molar-refractivity contribution in [3.63, 3.8) is 0 Å². The number of likely N-dealkylation sites (tertiary alicyclic amines) is 1. The van der Waals surface area contributed by atoms with Crippen molar-refractivity contribution in [1.82, 2.24) is 10.2 Å². The molecule has 1 fully saturated rings. The Morgan fingerprint density at radius 1 is 1.40 bits per heavy atom. The quantitative estimate of drug-likeness (QED) is 0.604. The first-order chi connectivity index (χ1) is 11.9. The molecular formula is C16H25N3O4S2. The van der Waals surface area contributed by atoms with E-state index in [4.69, 9.17) is 9.88 Å². The molecule has 1 atom stereocenters. The largest absolute Gasteiger partial charge is 0.493 e. The van der Waals surface area contributed by atoms with Gasteiger partial charge in [-0.15, -0.1) is 11.8 Å². The van der Waals surface area contributed by atoms with Crippen molar-refractivity contribution >= 4 is 27.7 Å². The zero-order chi connectivity index (χ0) is 18.3. The van der Waals surface area contributed by atoms with E-state index in [0.717, 1.165) is 25.9 Å². The minimum absolute atomic E-state index is 0.0570. The van der Waals surface area contributed by atoms with E-state index in [0.29, 0.717) is 29.9 Å². The average molecular weight is 388 g/mol. The number of nitrogens with two attached hydrogens (primary N) is 1. The summed E-state index contributed by atoms with van der Waals surface area (Å²) in [6, 6.07) is 6.28. The predicted octanol–water partition coefficient (Wildman–Crippen LogP) is 0.656. The van der Waals surface area contributed by atoms with E-state index >= 15 is 0 Å². The van der Waals surface area contributed by atoms with Gasteiger partial charge >= 0.3 is 0 Å². The lowest BCUT2D eigenvalue weighted by atomic mass is 10.2. The molecule has 7 nitrogen and oxygen atoms in total. The summed E-state index contributed by atoms with van der Waals surface area (Å²) in [7, 11) is -1.78. The standard InChI is InChI=1S/C16H25N3O4S2/c1-18-11-13-3-2-8-19(13)16(20)12-24-10-9-23-14-4-6-15(7-5-14)25(17,21)22/h4-7,13,18H,2-3,8-12H2,1H3,(H2,17,21,22). The van der Waals surface area contributed by atoms with Gasteiger partial charge in [-0.05, 0) is 44.2 Å². The van der Waals surface area contributed by atoms with Crippen LogP contribution in [0.15, 0.2) is 29.2 Å². The van der Waals surface area contributed by atoms with Crippen molar-refractivity contribution in [3.8, 4) is 5.75 Å². The van der Waals surface area contributed by atoms with Crippen LogP contribution >= 0.6 is 11.8 Å². The van der Waals surface area contributed by atoms with Crippen LogP contribution in [0.25, 0.3) is 0 Å². The van der Waals surface area contributed by atoms with Crippen molar-refractivity contribution in [2.24, 2.45) is 5.14 Å². The first-order valence-electron chi connectivity index (χ1n) is 8.19. The Morgan fingerprint density at radius 2 is 2.12 bits per heavy atom. The van der Waals surface area contributed by atoms with Gasteiger partial charge in [0.15, 0.2) is 0 Å². The molecule has 1 amide bonds. The third-order valence-electron chi connectivity index (χ3n) is 4.01. The number of nitrogens with zero attached hydrogens (tertiary/aromatic N) is 1. The number of likely N-dealkylation sites (N-methyl/N-ethyl adjacent to an activating group) is 1. The summed E-state index contributed by atoms with van der Waals surface area (Å²) in [5.41, 5.74) is 0. The second-order valence-corrected chi connectivity index (χ2v) is 8.52. The molecule has 0 saturated carbocycles. The van der Waals surface area contributed by atoms with Crippen LogP contribution in [0.5, 0.6) is 5.75 Å². The number of sulfonamides is 1. The minimum Gasteiger partial charge on any atom is -0.493 e. The van der Waals surface area contributed by atoms with Gasteiger partial charge in [-0.1, -0.05) is 0 Å². The lowest BCUT2D eigenvalue weighted by Crippen LogP contribution is -2.41. The number of hydrogen-bond donors (Lipinski definition) is 2. The lowest BCUT2D eigenvalue weighted by molar-refractivity contribution is -0.129. The fraction of sp³-hybridized carbons (Fsp3) is 0.562. The van der Waals surface area contributed by atoms with Crippen LogP contribution < -0.4 is 15.2 Å². The highest BCUT2D eigenvalue weighted by molar-refractivity contribution is 7.99. The molecule has 2 rings (SSSR count). The molecule has 1 aromatic rings. The second-order valence-electron chi connectivity index (χ2n) is 5.86. The summed E-state index contributed by atoms with van der Waals surface area (Å²) in [5, 5.41) is 8.18. The maximum Gasteiger partial charge on any atom is 0.238 e. The smallest absolute Gasteiger partial charge is 0.238 e. The summed E-state index contributed by atoms with van der Waals surface area (Å²) in [5.74, 6) is 1.90. The number of hydrogen-bond acceptors (Lipinski definition) is 6. The van der Waals surface area contributed by atoms with Gasteiger partial charge in [-0.25, -0.2) is 13.6 Å². The number of amides is 1. The third kappa shape index (κ3) is 6.18. The molecule has 3 N–H and O–H groups in total. The Kier molecular flexibility index (Phi) is 7.55. The Labute approximate surface area is 153 Å². The lowest BCUT2D eigenvalue weighted by Gasteiger charge is -2.24. The summed E-state index contributed by atoms with van der Waals surface area (Å²) in [4.78, 5) is 14.3. The van der Waals surface area contributed by atoms with Crippen LogP contribution in [-0.2, 0) is 14.8 Å². The highest BCUT2D eigenvalue weighted by Crippen LogP contribution is 2.18. The van der Waals surface area contributed by atoms with Crippen molar-refractivity contribution in [1.29, 1.82) is 0 Å². The molecular weight excluding hydrogens is 362 g/mol. The number of nitrogens with one attached hydrogen (secondary N) is 1. The van der Waals surface area contributed by atoms with Crippen LogP contribution in [0, 0.1) is 0 Å². The Hall–Kier alpha value is -1.29. The monoisotopic (exact) mass is 387 g/mol. The van der Waals surface area contributed by atoms with Crippen LogP contribution in [0.3, 0.4) is 0 Å². The molecule has 1 aliphatic heterocycles. The number of carbonyl (C=O) groups excluding carboxylic acids is 1. The molecule has 0 aliphatic carbocycles. The topological polar surface area (TPSA) is 102 Å². The molecule has 9 heteroatoms. The molecule has 0 aromatic heterocycles. The van der Waals surface area contributed by atoms with Crippen molar-refractivity contribution in [2.45, 2.75) is 23.8 Å². The van der Waals surface area contributed by atoms with Gasteiger partial charge < -0.3 is 15.0 Å². The molecule has 140 valence electrons. The van der Waals surface area contributed by atoms with E-state index in [1.807, 2.05) is 11.9 Å². The molecule has 0 radical (unpaired) electrons. The van der Waals surface area contributed by atoms with Gasteiger partial charge in [0.1, 0.15) is 5.75 Å². The normalized spacial score (nSPS) is 17.7. The van der Waals surface area contributed by atoms with E-state index in [1.54, 1.807) is 23.9 Å².